The summed E-state index contributed by atoms with van der Waals surface area (Å²) in [5, 5.41) is 17.6. The number of rotatable bonds is 4. The molecule has 1 aromatic carbocycles. The van der Waals surface area contributed by atoms with Gasteiger partial charge in [-0.05, 0) is 31.0 Å². The molecular formula is C16H19FN4O2. The van der Waals surface area contributed by atoms with Gasteiger partial charge in [0.25, 0.3) is 0 Å². The number of hydrogen-bond acceptors (Lipinski definition) is 4. The summed E-state index contributed by atoms with van der Waals surface area (Å²) in [4.78, 5) is 13.4. The number of hydrogen-bond donors (Lipinski definition) is 1. The molecule has 0 fully saturated rings. The Morgan fingerprint density at radius 3 is 2.91 bits per heavy atom. The molecule has 0 saturated carbocycles. The highest BCUT2D eigenvalue weighted by Crippen LogP contribution is 2.27. The maximum Gasteiger partial charge on any atom is 0.321 e. The number of benzene rings is 1. The smallest absolute Gasteiger partial charge is 0.321 e. The summed E-state index contributed by atoms with van der Waals surface area (Å²) < 4.78 is 15.7. The molecule has 1 aromatic heterocycles. The monoisotopic (exact) mass is 318 g/mol. The molecule has 2 aromatic rings. The zero-order chi connectivity index (χ0) is 16.6. The van der Waals surface area contributed by atoms with Gasteiger partial charge in [-0.2, -0.15) is 0 Å². The number of aromatic nitrogens is 3. The number of carboxylic acid groups (broad SMARTS) is 1. The third kappa shape index (κ3) is 3.10. The fourth-order valence-electron chi connectivity index (χ4n) is 2.89. The predicted octanol–water partition coefficient (Wildman–Crippen LogP) is 2.01. The van der Waals surface area contributed by atoms with Crippen LogP contribution in [0.1, 0.15) is 36.7 Å². The van der Waals surface area contributed by atoms with Crippen LogP contribution in [0.2, 0.25) is 0 Å². The lowest BCUT2D eigenvalue weighted by molar-refractivity contribution is -0.144. The van der Waals surface area contributed by atoms with Crippen molar-refractivity contribution in [2.45, 2.75) is 45.4 Å². The van der Waals surface area contributed by atoms with Crippen LogP contribution < -0.4 is 0 Å². The minimum Gasteiger partial charge on any atom is -0.480 e. The van der Waals surface area contributed by atoms with Gasteiger partial charge in [0.1, 0.15) is 11.9 Å². The van der Waals surface area contributed by atoms with Crippen molar-refractivity contribution >= 4 is 5.97 Å². The van der Waals surface area contributed by atoms with Crippen LogP contribution in [0.5, 0.6) is 0 Å². The molecule has 0 bridgehead atoms. The van der Waals surface area contributed by atoms with Crippen LogP contribution in [0.3, 0.4) is 0 Å². The van der Waals surface area contributed by atoms with Crippen molar-refractivity contribution in [2.24, 2.45) is 0 Å². The summed E-state index contributed by atoms with van der Waals surface area (Å²) in [6, 6.07) is 4.31. The predicted molar refractivity (Wildman–Crippen MR) is 81.2 cm³/mol. The van der Waals surface area contributed by atoms with Gasteiger partial charge in [0.05, 0.1) is 11.9 Å². The van der Waals surface area contributed by atoms with Gasteiger partial charge in [0.2, 0.25) is 0 Å². The summed E-state index contributed by atoms with van der Waals surface area (Å²) in [5.41, 5.74) is 2.05. The van der Waals surface area contributed by atoms with E-state index in [2.05, 4.69) is 10.3 Å². The van der Waals surface area contributed by atoms with E-state index in [0.29, 0.717) is 24.3 Å². The summed E-state index contributed by atoms with van der Waals surface area (Å²) in [7, 11) is 0. The highest BCUT2D eigenvalue weighted by atomic mass is 19.1. The normalized spacial score (nSPS) is 18.2. The fourth-order valence-corrected chi connectivity index (χ4v) is 2.89. The standard InChI is InChI=1S/C16H19FN4O2/c1-10(2)21-9-12(18-19-21)8-20-7-11-4-3-5-14(17)13(11)6-15(20)16(22)23/h3-5,9-10,15H,6-8H2,1-2H3,(H,22,23). The second-order valence-corrected chi connectivity index (χ2v) is 6.12. The quantitative estimate of drug-likeness (QED) is 0.934. The summed E-state index contributed by atoms with van der Waals surface area (Å²) in [6.07, 6.45) is 1.99. The van der Waals surface area contributed by atoms with E-state index < -0.39 is 12.0 Å². The Kier molecular flexibility index (Phi) is 4.12. The molecule has 1 unspecified atom stereocenters. The number of nitrogens with zero attached hydrogens (tertiary/aromatic N) is 4. The van der Waals surface area contributed by atoms with Crippen LogP contribution in [0, 0.1) is 5.82 Å². The maximum atomic E-state index is 13.9. The lowest BCUT2D eigenvalue weighted by Crippen LogP contribution is -2.45. The Labute approximate surface area is 133 Å². The molecule has 122 valence electrons. The third-order valence-electron chi connectivity index (χ3n) is 4.16. The molecule has 0 aliphatic carbocycles. The summed E-state index contributed by atoms with van der Waals surface area (Å²) in [5.74, 6) is -1.28. The average Bonchev–Trinajstić information content (AvgIpc) is 2.95. The number of carboxylic acids is 1. The zero-order valence-corrected chi connectivity index (χ0v) is 13.1. The van der Waals surface area contributed by atoms with Gasteiger partial charge in [0.15, 0.2) is 0 Å². The Morgan fingerprint density at radius 2 is 2.26 bits per heavy atom. The lowest BCUT2D eigenvalue weighted by atomic mass is 9.93. The molecule has 1 aliphatic rings. The summed E-state index contributed by atoms with van der Waals surface area (Å²) in [6.45, 7) is 4.76. The van der Waals surface area contributed by atoms with Gasteiger partial charge in [0, 0.05) is 25.6 Å². The molecule has 0 spiro atoms. The molecule has 23 heavy (non-hydrogen) atoms. The SMILES string of the molecule is CC(C)n1cc(CN2Cc3cccc(F)c3CC2C(=O)O)nn1. The Morgan fingerprint density at radius 1 is 1.48 bits per heavy atom. The van der Waals surface area contributed by atoms with E-state index in [1.165, 1.54) is 6.07 Å². The van der Waals surface area contributed by atoms with Crippen LogP contribution >= 0.6 is 0 Å². The van der Waals surface area contributed by atoms with Gasteiger partial charge < -0.3 is 5.11 Å². The molecule has 6 nitrogen and oxygen atoms in total. The molecule has 0 radical (unpaired) electrons. The van der Waals surface area contributed by atoms with Crippen molar-refractivity contribution < 1.29 is 14.3 Å². The topological polar surface area (TPSA) is 71.2 Å². The third-order valence-corrected chi connectivity index (χ3v) is 4.16. The van der Waals surface area contributed by atoms with Crippen LogP contribution in [0.15, 0.2) is 24.4 Å². The van der Waals surface area contributed by atoms with Crippen molar-refractivity contribution in [3.8, 4) is 0 Å². The van der Waals surface area contributed by atoms with Crippen LogP contribution in [-0.2, 0) is 24.3 Å². The first-order valence-electron chi connectivity index (χ1n) is 7.59. The molecule has 0 amide bonds. The molecule has 1 N–H and O–H groups in total. The molecule has 0 saturated heterocycles. The van der Waals surface area contributed by atoms with E-state index in [1.807, 2.05) is 26.1 Å². The van der Waals surface area contributed by atoms with E-state index in [4.69, 9.17) is 0 Å². The van der Waals surface area contributed by atoms with Crippen molar-refractivity contribution in [3.63, 3.8) is 0 Å². The first kappa shape index (κ1) is 15.6. The summed E-state index contributed by atoms with van der Waals surface area (Å²) >= 11 is 0. The first-order valence-corrected chi connectivity index (χ1v) is 7.59. The van der Waals surface area contributed by atoms with E-state index in [-0.39, 0.29) is 18.3 Å². The Bertz CT molecular complexity index is 729. The van der Waals surface area contributed by atoms with Crippen LogP contribution in [0.25, 0.3) is 0 Å². The van der Waals surface area contributed by atoms with E-state index in [9.17, 15) is 14.3 Å². The van der Waals surface area contributed by atoms with Gasteiger partial charge >= 0.3 is 5.97 Å². The second-order valence-electron chi connectivity index (χ2n) is 6.12. The van der Waals surface area contributed by atoms with Crippen molar-refractivity contribution in [3.05, 3.63) is 47.0 Å². The molecule has 3 rings (SSSR count). The van der Waals surface area contributed by atoms with Gasteiger partial charge in [-0.15, -0.1) is 5.10 Å². The largest absolute Gasteiger partial charge is 0.480 e. The molecule has 1 aliphatic heterocycles. The number of halogens is 1. The minimum atomic E-state index is -0.949. The minimum absolute atomic E-state index is 0.162. The van der Waals surface area contributed by atoms with Crippen LogP contribution in [0.4, 0.5) is 4.39 Å². The fraction of sp³-hybridized carbons (Fsp3) is 0.438. The molecule has 2 heterocycles. The average molecular weight is 318 g/mol. The maximum absolute atomic E-state index is 13.9. The second kappa shape index (κ2) is 6.08. The van der Waals surface area contributed by atoms with Crippen LogP contribution in [-0.4, -0.2) is 37.0 Å². The highest BCUT2D eigenvalue weighted by Gasteiger charge is 2.33. The van der Waals surface area contributed by atoms with E-state index in [0.717, 1.165) is 5.56 Å². The Balaban J connectivity index is 1.86. The molecular weight excluding hydrogens is 299 g/mol. The van der Waals surface area contributed by atoms with Crippen molar-refractivity contribution in [2.75, 3.05) is 0 Å². The van der Waals surface area contributed by atoms with Crippen molar-refractivity contribution in [1.29, 1.82) is 0 Å². The number of carbonyl (C=O) groups is 1. The van der Waals surface area contributed by atoms with E-state index >= 15 is 0 Å². The van der Waals surface area contributed by atoms with Gasteiger partial charge in [-0.3, -0.25) is 9.69 Å². The lowest BCUT2D eigenvalue weighted by Gasteiger charge is -2.33. The van der Waals surface area contributed by atoms with Crippen molar-refractivity contribution in [1.82, 2.24) is 19.9 Å². The highest BCUT2D eigenvalue weighted by molar-refractivity contribution is 5.74. The molecule has 1 atom stereocenters. The molecule has 7 heteroatoms. The van der Waals surface area contributed by atoms with Gasteiger partial charge in [-0.25, -0.2) is 9.07 Å². The first-order chi connectivity index (χ1) is 11.0. The van der Waals surface area contributed by atoms with Gasteiger partial charge in [-0.1, -0.05) is 17.3 Å². The zero-order valence-electron chi connectivity index (χ0n) is 13.1. The van der Waals surface area contributed by atoms with E-state index in [1.54, 1.807) is 15.6 Å². The Hall–Kier alpha value is -2.28. The number of aliphatic carboxylic acids is 1. The number of fused-ring (bicyclic) bond motifs is 1.